The van der Waals surface area contributed by atoms with Crippen LogP contribution in [0.1, 0.15) is 17.6 Å². The van der Waals surface area contributed by atoms with E-state index in [1.165, 1.54) is 17.4 Å². The van der Waals surface area contributed by atoms with E-state index in [0.29, 0.717) is 6.54 Å². The van der Waals surface area contributed by atoms with Crippen LogP contribution in [0.4, 0.5) is 10.9 Å². The minimum absolute atomic E-state index is 0.149. The summed E-state index contributed by atoms with van der Waals surface area (Å²) in [5, 5.41) is 27.0. The third-order valence-corrected chi connectivity index (χ3v) is 3.10. The van der Waals surface area contributed by atoms with Crippen LogP contribution in [-0.2, 0) is 6.54 Å². The third-order valence-electron chi connectivity index (χ3n) is 2.24. The maximum absolute atomic E-state index is 10.6. The highest BCUT2D eigenvalue weighted by molar-refractivity contribution is 7.15. The fourth-order valence-corrected chi connectivity index (χ4v) is 2.20. The number of nitrogens with one attached hydrogen (secondary N) is 1. The number of hydrogen-bond donors (Lipinski definition) is 1. The Hall–Kier alpha value is -2.03. The smallest absolute Gasteiger partial charge is 0.360 e. The zero-order valence-electron chi connectivity index (χ0n) is 9.95. The first-order valence-electron chi connectivity index (χ1n) is 5.35. The van der Waals surface area contributed by atoms with Gasteiger partial charge >= 0.3 is 5.82 Å². The van der Waals surface area contributed by atoms with E-state index < -0.39 is 4.92 Å². The number of rotatable bonds is 5. The van der Waals surface area contributed by atoms with Gasteiger partial charge in [-0.2, -0.15) is 4.68 Å². The Morgan fingerprint density at radius 1 is 1.56 bits per heavy atom. The lowest BCUT2D eigenvalue weighted by Crippen LogP contribution is -2.03. The zero-order valence-corrected chi connectivity index (χ0v) is 10.8. The predicted octanol–water partition coefficient (Wildman–Crippen LogP) is 1.43. The van der Waals surface area contributed by atoms with E-state index in [1.807, 2.05) is 6.92 Å². The Morgan fingerprint density at radius 3 is 2.94 bits per heavy atom. The second-order valence-corrected chi connectivity index (χ2v) is 4.65. The van der Waals surface area contributed by atoms with Crippen molar-refractivity contribution < 1.29 is 4.92 Å². The molecular weight excluding hydrogens is 256 g/mol. The standard InChI is InChI=1S/C9H12N6O2S/c1-3-10-9-12-11-8(18-9)5-14-6(2)4-7(13-14)15(16)17/h4H,3,5H2,1-2H3,(H,10,12). The van der Waals surface area contributed by atoms with E-state index in [4.69, 9.17) is 0 Å². The molecule has 0 bridgehead atoms. The van der Waals surface area contributed by atoms with E-state index in [9.17, 15) is 10.1 Å². The number of nitro groups is 1. The van der Waals surface area contributed by atoms with Crippen LogP contribution in [0.2, 0.25) is 0 Å². The van der Waals surface area contributed by atoms with Crippen LogP contribution in [-0.4, -0.2) is 31.4 Å². The van der Waals surface area contributed by atoms with Gasteiger partial charge in [0.1, 0.15) is 11.6 Å². The predicted molar refractivity (Wildman–Crippen MR) is 66.8 cm³/mol. The van der Waals surface area contributed by atoms with E-state index in [1.54, 1.807) is 11.6 Å². The molecule has 1 N–H and O–H groups in total. The van der Waals surface area contributed by atoms with Gasteiger partial charge in [-0.25, -0.2) is 0 Å². The Kier molecular flexibility index (Phi) is 3.51. The second-order valence-electron chi connectivity index (χ2n) is 3.59. The average molecular weight is 268 g/mol. The molecule has 8 nitrogen and oxygen atoms in total. The van der Waals surface area contributed by atoms with Crippen LogP contribution < -0.4 is 5.32 Å². The first-order valence-corrected chi connectivity index (χ1v) is 6.17. The monoisotopic (exact) mass is 268 g/mol. The topological polar surface area (TPSA) is 98.8 Å². The molecule has 0 aliphatic carbocycles. The van der Waals surface area contributed by atoms with Crippen LogP contribution >= 0.6 is 11.3 Å². The Morgan fingerprint density at radius 2 is 2.33 bits per heavy atom. The second kappa shape index (κ2) is 5.08. The van der Waals surface area contributed by atoms with Crippen molar-refractivity contribution in [2.45, 2.75) is 20.4 Å². The Balaban J connectivity index is 2.14. The van der Waals surface area contributed by atoms with Crippen molar-refractivity contribution in [1.82, 2.24) is 20.0 Å². The van der Waals surface area contributed by atoms with E-state index in [-0.39, 0.29) is 5.82 Å². The molecule has 0 aliphatic rings. The van der Waals surface area contributed by atoms with Gasteiger partial charge in [-0.15, -0.1) is 10.2 Å². The largest absolute Gasteiger partial charge is 0.390 e. The molecule has 9 heteroatoms. The maximum atomic E-state index is 10.6. The number of aryl methyl sites for hydroxylation is 1. The highest BCUT2D eigenvalue weighted by Crippen LogP contribution is 2.18. The molecule has 2 rings (SSSR count). The molecule has 2 aromatic rings. The summed E-state index contributed by atoms with van der Waals surface area (Å²) in [5.74, 6) is -0.149. The molecule has 2 aromatic heterocycles. The van der Waals surface area contributed by atoms with Crippen molar-refractivity contribution in [2.75, 3.05) is 11.9 Å². The highest BCUT2D eigenvalue weighted by Gasteiger charge is 2.16. The first kappa shape index (κ1) is 12.4. The van der Waals surface area contributed by atoms with Crippen molar-refractivity contribution >= 4 is 22.3 Å². The maximum Gasteiger partial charge on any atom is 0.390 e. The molecule has 0 aliphatic heterocycles. The lowest BCUT2D eigenvalue weighted by atomic mass is 10.4. The summed E-state index contributed by atoms with van der Waals surface area (Å²) in [4.78, 5) is 10.1. The summed E-state index contributed by atoms with van der Waals surface area (Å²) in [6, 6.07) is 1.44. The van der Waals surface area contributed by atoms with Crippen molar-refractivity contribution in [3.05, 3.63) is 26.9 Å². The molecule has 2 heterocycles. The summed E-state index contributed by atoms with van der Waals surface area (Å²) in [7, 11) is 0. The van der Waals surface area contributed by atoms with Gasteiger partial charge in [0, 0.05) is 6.54 Å². The summed E-state index contributed by atoms with van der Waals surface area (Å²) in [6.07, 6.45) is 0. The molecular formula is C9H12N6O2S. The third kappa shape index (κ3) is 2.62. The molecule has 0 unspecified atom stereocenters. The van der Waals surface area contributed by atoms with E-state index >= 15 is 0 Å². The van der Waals surface area contributed by atoms with Crippen LogP contribution in [0, 0.1) is 17.0 Å². The SMILES string of the molecule is CCNc1nnc(Cn2nc([N+](=O)[O-])cc2C)s1. The number of anilines is 1. The molecule has 18 heavy (non-hydrogen) atoms. The zero-order chi connectivity index (χ0) is 13.1. The van der Waals surface area contributed by atoms with E-state index in [0.717, 1.165) is 22.4 Å². The highest BCUT2D eigenvalue weighted by atomic mass is 32.1. The van der Waals surface area contributed by atoms with Crippen molar-refractivity contribution in [1.29, 1.82) is 0 Å². The van der Waals surface area contributed by atoms with Crippen molar-refractivity contribution in [3.63, 3.8) is 0 Å². The molecule has 96 valence electrons. The first-order chi connectivity index (χ1) is 8.60. The molecule has 0 saturated heterocycles. The molecule has 0 fully saturated rings. The van der Waals surface area contributed by atoms with Gasteiger partial charge in [0.2, 0.25) is 5.13 Å². The van der Waals surface area contributed by atoms with Crippen molar-refractivity contribution in [2.24, 2.45) is 0 Å². The summed E-state index contributed by atoms with van der Waals surface area (Å²) >= 11 is 1.41. The van der Waals surface area contributed by atoms with Crippen molar-refractivity contribution in [3.8, 4) is 0 Å². The Bertz CT molecular complexity index is 563. The van der Waals surface area contributed by atoms with Gasteiger partial charge in [-0.05, 0) is 18.8 Å². The molecule has 0 amide bonds. The summed E-state index contributed by atoms with van der Waals surface area (Å²) < 4.78 is 1.55. The number of hydrogen-bond acceptors (Lipinski definition) is 7. The quantitative estimate of drug-likeness (QED) is 0.650. The van der Waals surface area contributed by atoms with Gasteiger partial charge in [-0.3, -0.25) is 0 Å². The van der Waals surface area contributed by atoms with Gasteiger partial charge < -0.3 is 15.4 Å². The average Bonchev–Trinajstić information content (AvgIpc) is 2.88. The van der Waals surface area contributed by atoms with Gasteiger partial charge in [0.15, 0.2) is 0 Å². The van der Waals surface area contributed by atoms with Crippen LogP contribution in [0.25, 0.3) is 0 Å². The minimum atomic E-state index is -0.506. The van der Waals surface area contributed by atoms with Gasteiger partial charge in [-0.1, -0.05) is 11.3 Å². The van der Waals surface area contributed by atoms with Crippen LogP contribution in [0.15, 0.2) is 6.07 Å². The minimum Gasteiger partial charge on any atom is -0.360 e. The normalized spacial score (nSPS) is 10.6. The molecule has 0 spiro atoms. The summed E-state index contributed by atoms with van der Waals surface area (Å²) in [5.41, 5.74) is 0.724. The molecule has 0 radical (unpaired) electrons. The summed E-state index contributed by atoms with van der Waals surface area (Å²) in [6.45, 7) is 4.91. The molecule has 0 aromatic carbocycles. The molecule has 0 saturated carbocycles. The Labute approximate surface area is 107 Å². The van der Waals surface area contributed by atoms with E-state index in [2.05, 4.69) is 20.6 Å². The van der Waals surface area contributed by atoms with Gasteiger partial charge in [0.25, 0.3) is 0 Å². The lowest BCUT2D eigenvalue weighted by molar-refractivity contribution is -0.389. The number of aromatic nitrogens is 4. The lowest BCUT2D eigenvalue weighted by Gasteiger charge is -1.94. The van der Waals surface area contributed by atoms with Crippen LogP contribution in [0.3, 0.4) is 0 Å². The number of nitrogens with zero attached hydrogens (tertiary/aromatic N) is 5. The van der Waals surface area contributed by atoms with Gasteiger partial charge in [0.05, 0.1) is 16.9 Å². The fourth-order valence-electron chi connectivity index (χ4n) is 1.41. The molecule has 0 atom stereocenters. The fraction of sp³-hybridized carbons (Fsp3) is 0.444. The van der Waals surface area contributed by atoms with Crippen LogP contribution in [0.5, 0.6) is 0 Å².